The van der Waals surface area contributed by atoms with Crippen LogP contribution >= 0.6 is 0 Å². The van der Waals surface area contributed by atoms with Crippen LogP contribution in [-0.4, -0.2) is 136 Å². The van der Waals surface area contributed by atoms with E-state index in [9.17, 15) is 0 Å². The Hall–Kier alpha value is -0.980. The first-order valence-electron chi connectivity index (χ1n) is 1.10. The fourth-order valence-electron chi connectivity index (χ4n) is 0. The van der Waals surface area contributed by atoms with Crippen LogP contribution in [0.1, 0.15) is 0 Å². The molecule has 0 rings (SSSR count). The normalized spacial score (nSPS) is 1.92. The smallest absolute Gasteiger partial charge is 0.412 e. The minimum atomic E-state index is -1.75. The molecule has 0 bridgehead atoms. The van der Waals surface area contributed by atoms with E-state index >= 15 is 0 Å². The summed E-state index contributed by atoms with van der Waals surface area (Å²) in [7, 11) is 0. The van der Waals surface area contributed by atoms with Crippen molar-refractivity contribution in [1.29, 1.82) is 0 Å². The molecule has 0 saturated heterocycles. The summed E-state index contributed by atoms with van der Waals surface area (Å²) in [6.45, 7) is 0. The molecule has 0 spiro atoms. The van der Waals surface area contributed by atoms with Crippen molar-refractivity contribution in [3.8, 4) is 0 Å². The van der Waals surface area contributed by atoms with Gasteiger partial charge in [-0.3, -0.25) is 0 Å². The second kappa shape index (κ2) is 443. The Morgan fingerprint density at radius 3 is 0.320 bits per heavy atom. The van der Waals surface area contributed by atoms with Crippen molar-refractivity contribution in [1.82, 2.24) is 0 Å². The Bertz CT molecular complexity index is 74.0. The van der Waals surface area contributed by atoms with Crippen molar-refractivity contribution in [3.05, 3.63) is 30.6 Å². The zero-order chi connectivity index (χ0) is 7.15. The van der Waals surface area contributed by atoms with Crippen LogP contribution in [0.3, 0.4) is 0 Å². The van der Waals surface area contributed by atoms with Crippen LogP contribution in [0.4, 0.5) is 0 Å². The molecule has 0 aliphatic carbocycles. The molecule has 25 heteroatoms. The van der Waals surface area contributed by atoms with Crippen molar-refractivity contribution < 1.29 is 97.8 Å². The van der Waals surface area contributed by atoms with Gasteiger partial charge in [0.15, 0.2) is 0 Å². The summed E-state index contributed by atoms with van der Waals surface area (Å²) < 4.78 is 0. The third-order valence-corrected chi connectivity index (χ3v) is 0. The van der Waals surface area contributed by atoms with Crippen molar-refractivity contribution in [3.63, 3.8) is 0 Å². The summed E-state index contributed by atoms with van der Waals surface area (Å²) in [4.78, 5) is 16.5. The number of hydrogen-bond donors (Lipinski definition) is 0. The van der Waals surface area contributed by atoms with Crippen LogP contribution in [-0.2, 0) is 0 Å². The largest absolute Gasteiger partial charge is 2.00 e. The first-order valence-corrected chi connectivity index (χ1v) is 1.10. The van der Waals surface area contributed by atoms with E-state index in [0.717, 1.165) is 0 Å². The standard InChI is InChI=1S/Ca.2NO3.16H2O/c;2*2-1(3)4;;;;;;;;;;;;;;;;/h;;;16*1H2/q+2;2*-1;;;;;;;;;;;;;;;;. The molecule has 24 nitrogen and oxygen atoms in total. The number of nitrogens with zero attached hydrogens (tertiary/aromatic N) is 2. The van der Waals surface area contributed by atoms with Gasteiger partial charge in [-0.1, -0.05) is 0 Å². The van der Waals surface area contributed by atoms with Gasteiger partial charge >= 0.3 is 37.7 Å². The van der Waals surface area contributed by atoms with Crippen molar-refractivity contribution >= 4 is 37.7 Å². The second-order valence-corrected chi connectivity index (χ2v) is 0.447. The van der Waals surface area contributed by atoms with Crippen molar-refractivity contribution in [2.24, 2.45) is 0 Å². The Morgan fingerprint density at radius 1 is 0.320 bits per heavy atom. The first kappa shape index (κ1) is 505. The van der Waals surface area contributed by atoms with E-state index in [1.807, 2.05) is 0 Å². The van der Waals surface area contributed by atoms with E-state index < -0.39 is 10.2 Å². The second-order valence-electron chi connectivity index (χ2n) is 0.447. The van der Waals surface area contributed by atoms with Gasteiger partial charge in [0.05, 0.1) is 10.2 Å². The minimum Gasteiger partial charge on any atom is -0.412 e. The molecule has 25 heavy (non-hydrogen) atoms. The fraction of sp³-hybridized carbons (Fsp3) is 0. The van der Waals surface area contributed by atoms with Gasteiger partial charge in [-0.25, -0.2) is 0 Å². The zero-order valence-electron chi connectivity index (χ0n) is 12.1. The molecule has 0 aliphatic rings. The average molecular weight is 452 g/mol. The predicted octanol–water partition coefficient (Wildman–Crippen LogP) is -14.1. The summed E-state index contributed by atoms with van der Waals surface area (Å²) in [6, 6.07) is 0. The fourth-order valence-corrected chi connectivity index (χ4v) is 0. The molecule has 0 aliphatic heterocycles. The van der Waals surface area contributed by atoms with Gasteiger partial charge in [0.2, 0.25) is 0 Å². The molecule has 0 heterocycles. The van der Waals surface area contributed by atoms with Gasteiger partial charge < -0.3 is 118 Å². The zero-order valence-corrected chi connectivity index (χ0v) is 14.3. The average Bonchev–Trinajstić information content (AvgIpc) is 1.25. The molecule has 0 aromatic heterocycles. The maximum absolute atomic E-state index is 8.25. The summed E-state index contributed by atoms with van der Waals surface area (Å²) in [5.41, 5.74) is 0. The Kier molecular flexibility index (Phi) is 8950. The molecule has 0 fully saturated rings. The van der Waals surface area contributed by atoms with Gasteiger partial charge in [-0.15, -0.1) is 0 Å². The van der Waals surface area contributed by atoms with Gasteiger partial charge in [-0.2, -0.15) is 0 Å². The van der Waals surface area contributed by atoms with E-state index in [2.05, 4.69) is 0 Å². The van der Waals surface area contributed by atoms with E-state index in [1.54, 1.807) is 0 Å². The maximum atomic E-state index is 8.25. The minimum absolute atomic E-state index is 0. The molecule has 0 atom stereocenters. The quantitative estimate of drug-likeness (QED) is 0.195. The van der Waals surface area contributed by atoms with Gasteiger partial charge in [0.25, 0.3) is 0 Å². The monoisotopic (exact) mass is 452 g/mol. The van der Waals surface area contributed by atoms with Gasteiger partial charge in [0, 0.05) is 0 Å². The molecule has 0 aromatic rings. The number of rotatable bonds is 0. The first-order chi connectivity index (χ1) is 3.46. The Morgan fingerprint density at radius 2 is 0.320 bits per heavy atom. The van der Waals surface area contributed by atoms with Crippen molar-refractivity contribution in [2.75, 3.05) is 0 Å². The summed E-state index contributed by atoms with van der Waals surface area (Å²) in [5.74, 6) is 0. The van der Waals surface area contributed by atoms with Crippen LogP contribution in [0.25, 0.3) is 0 Å². The van der Waals surface area contributed by atoms with Gasteiger partial charge in [-0.05, 0) is 0 Å². The number of hydrogen-bond acceptors (Lipinski definition) is 6. The third kappa shape index (κ3) is 10600. The molecule has 176 valence electrons. The van der Waals surface area contributed by atoms with E-state index in [-0.39, 0.29) is 125 Å². The van der Waals surface area contributed by atoms with Crippen LogP contribution < -0.4 is 0 Å². The van der Waals surface area contributed by atoms with Crippen LogP contribution in [0.15, 0.2) is 0 Å². The third-order valence-electron chi connectivity index (χ3n) is 0. The maximum Gasteiger partial charge on any atom is 2.00 e. The topological polar surface area (TPSA) is 636 Å². The van der Waals surface area contributed by atoms with Crippen molar-refractivity contribution in [2.45, 2.75) is 0 Å². The molecule has 0 saturated carbocycles. The van der Waals surface area contributed by atoms with Crippen LogP contribution in [0, 0.1) is 30.6 Å². The summed E-state index contributed by atoms with van der Waals surface area (Å²) >= 11 is 0. The SMILES string of the molecule is O.O.O.O.O.O.O.O.O.O.O.O.O.O.O.O.O=[N+]([O-])[O-].O=[N+]([O-])[O-].[Ca+2]. The summed E-state index contributed by atoms with van der Waals surface area (Å²) in [5, 5.41) is 29.5. The molecular formula is H32CaN2O22. The van der Waals surface area contributed by atoms with E-state index in [4.69, 9.17) is 30.6 Å². The Balaban J connectivity index is -0.00000000101. The van der Waals surface area contributed by atoms with E-state index in [1.165, 1.54) is 0 Å². The molecule has 32 N–H and O–H groups in total. The Labute approximate surface area is 166 Å². The molecular weight excluding hydrogens is 420 g/mol. The molecule has 0 radical (unpaired) electrons. The summed E-state index contributed by atoms with van der Waals surface area (Å²) in [6.07, 6.45) is 0. The van der Waals surface area contributed by atoms with Crippen LogP contribution in [0.5, 0.6) is 0 Å². The molecule has 0 amide bonds. The predicted molar refractivity (Wildman–Crippen MR) is 84.3 cm³/mol. The molecule has 0 unspecified atom stereocenters. The molecule has 0 aromatic carbocycles. The van der Waals surface area contributed by atoms with Gasteiger partial charge in [0.1, 0.15) is 0 Å². The van der Waals surface area contributed by atoms with E-state index in [0.29, 0.717) is 0 Å². The van der Waals surface area contributed by atoms with Crippen LogP contribution in [0.2, 0.25) is 0 Å².